The van der Waals surface area contributed by atoms with E-state index in [0.717, 1.165) is 33.3 Å². The van der Waals surface area contributed by atoms with Crippen LogP contribution in [0.25, 0.3) is 33.2 Å². The van der Waals surface area contributed by atoms with E-state index >= 15 is 0 Å². The van der Waals surface area contributed by atoms with E-state index in [4.69, 9.17) is 4.74 Å². The van der Waals surface area contributed by atoms with E-state index in [2.05, 4.69) is 23.2 Å². The summed E-state index contributed by atoms with van der Waals surface area (Å²) in [5.41, 5.74) is 6.55. The summed E-state index contributed by atoms with van der Waals surface area (Å²) in [7, 11) is 1.82. The van der Waals surface area contributed by atoms with E-state index in [1.54, 1.807) is 11.5 Å². The fourth-order valence-corrected chi connectivity index (χ4v) is 4.14. The van der Waals surface area contributed by atoms with E-state index in [1.165, 1.54) is 0 Å². The van der Waals surface area contributed by atoms with Crippen molar-refractivity contribution in [3.63, 3.8) is 0 Å². The van der Waals surface area contributed by atoms with Gasteiger partial charge in [-0.2, -0.15) is 5.26 Å². The Kier molecular flexibility index (Phi) is 5.16. The average molecular weight is 397 g/mol. The summed E-state index contributed by atoms with van der Waals surface area (Å²) in [4.78, 5) is 15.9. The summed E-state index contributed by atoms with van der Waals surface area (Å²) in [5, 5.41) is 11.0. The van der Waals surface area contributed by atoms with Gasteiger partial charge in [0.1, 0.15) is 11.8 Å². The maximum Gasteiger partial charge on any atom is 0.355 e. The van der Waals surface area contributed by atoms with Crippen LogP contribution in [0.1, 0.15) is 35.6 Å². The maximum atomic E-state index is 12.7. The summed E-state index contributed by atoms with van der Waals surface area (Å²) in [5.74, 6) is -0.410. The van der Waals surface area contributed by atoms with Gasteiger partial charge in [-0.15, -0.1) is 0 Å². The number of carbonyl (C=O) groups is 1. The van der Waals surface area contributed by atoms with Crippen LogP contribution in [0.4, 0.5) is 0 Å². The lowest BCUT2D eigenvalue weighted by Crippen LogP contribution is -2.12. The van der Waals surface area contributed by atoms with Gasteiger partial charge in [-0.25, -0.2) is 4.79 Å². The molecule has 0 aliphatic carbocycles. The van der Waals surface area contributed by atoms with Gasteiger partial charge in [0.15, 0.2) is 0 Å². The number of esters is 1. The van der Waals surface area contributed by atoms with E-state index < -0.39 is 5.97 Å². The number of fused-ring (bicyclic) bond motifs is 1. The molecule has 4 rings (SSSR count). The summed E-state index contributed by atoms with van der Waals surface area (Å²) in [6, 6.07) is 18.5. The van der Waals surface area contributed by atoms with E-state index in [1.807, 2.05) is 56.6 Å². The van der Waals surface area contributed by atoms with Gasteiger partial charge in [0.05, 0.1) is 12.2 Å². The number of ether oxygens (including phenoxy) is 1. The van der Waals surface area contributed by atoms with Gasteiger partial charge in [-0.05, 0) is 42.2 Å². The van der Waals surface area contributed by atoms with E-state index in [0.29, 0.717) is 23.2 Å². The van der Waals surface area contributed by atoms with Crippen LogP contribution in [0.5, 0.6) is 0 Å². The second-order valence-electron chi connectivity index (χ2n) is 7.11. The molecule has 2 aromatic carbocycles. The van der Waals surface area contributed by atoms with Crippen molar-refractivity contribution < 1.29 is 9.53 Å². The topological polar surface area (TPSA) is 70.8 Å². The lowest BCUT2D eigenvalue weighted by molar-refractivity contribution is 0.0516. The molecule has 0 aliphatic heterocycles. The zero-order valence-corrected chi connectivity index (χ0v) is 17.3. The largest absolute Gasteiger partial charge is 0.461 e. The molecular formula is C25H23N3O2. The molecule has 0 spiro atoms. The standard InChI is InChI=1S/C25H23N3O2/c1-4-22-20(15-26)23(24(28(22)3)25(29)30-5-2)17-11-9-16(10-12-17)18-7-6-8-21-19(18)13-14-27-21/h6-14,27H,4-5H2,1-3H3. The number of nitriles is 1. The van der Waals surface area contributed by atoms with Gasteiger partial charge in [0.2, 0.25) is 0 Å². The van der Waals surface area contributed by atoms with Gasteiger partial charge >= 0.3 is 5.97 Å². The van der Waals surface area contributed by atoms with Gasteiger partial charge < -0.3 is 14.3 Å². The smallest absolute Gasteiger partial charge is 0.355 e. The van der Waals surface area contributed by atoms with Crippen LogP contribution in [0.15, 0.2) is 54.7 Å². The molecular weight excluding hydrogens is 374 g/mol. The molecule has 30 heavy (non-hydrogen) atoms. The number of nitrogens with zero attached hydrogens (tertiary/aromatic N) is 2. The molecule has 0 fully saturated rings. The fraction of sp³-hybridized carbons (Fsp3) is 0.200. The Balaban J connectivity index is 1.86. The number of hydrogen-bond donors (Lipinski definition) is 1. The first-order valence-corrected chi connectivity index (χ1v) is 10.1. The quantitative estimate of drug-likeness (QED) is 0.455. The highest BCUT2D eigenvalue weighted by Crippen LogP contribution is 2.35. The summed E-state index contributed by atoms with van der Waals surface area (Å²) < 4.78 is 7.08. The van der Waals surface area contributed by atoms with Crippen LogP contribution in [0.3, 0.4) is 0 Å². The summed E-state index contributed by atoms with van der Waals surface area (Å²) >= 11 is 0. The number of aromatic amines is 1. The highest BCUT2D eigenvalue weighted by atomic mass is 16.5. The van der Waals surface area contributed by atoms with Crippen molar-refractivity contribution >= 4 is 16.9 Å². The molecule has 0 unspecified atom stereocenters. The third-order valence-corrected chi connectivity index (χ3v) is 5.51. The van der Waals surface area contributed by atoms with Crippen LogP contribution in [0.2, 0.25) is 0 Å². The predicted molar refractivity (Wildman–Crippen MR) is 118 cm³/mol. The van der Waals surface area contributed by atoms with Gasteiger partial charge in [-0.1, -0.05) is 43.3 Å². The Morgan fingerprint density at radius 1 is 1.10 bits per heavy atom. The number of hydrogen-bond acceptors (Lipinski definition) is 3. The minimum absolute atomic E-state index is 0.284. The molecule has 0 saturated carbocycles. The Hall–Kier alpha value is -3.78. The van der Waals surface area contributed by atoms with Crippen molar-refractivity contribution in [2.75, 3.05) is 6.61 Å². The number of H-pyrrole nitrogens is 1. The zero-order valence-electron chi connectivity index (χ0n) is 17.3. The average Bonchev–Trinajstić information content (AvgIpc) is 3.35. The number of benzene rings is 2. The minimum Gasteiger partial charge on any atom is -0.461 e. The van der Waals surface area contributed by atoms with Crippen LogP contribution >= 0.6 is 0 Å². The highest BCUT2D eigenvalue weighted by Gasteiger charge is 2.26. The minimum atomic E-state index is -0.410. The maximum absolute atomic E-state index is 12.7. The van der Waals surface area contributed by atoms with E-state index in [-0.39, 0.29) is 6.61 Å². The normalized spacial score (nSPS) is 10.9. The SMILES string of the molecule is CCOC(=O)c1c(-c2ccc(-c3cccc4[nH]ccc34)cc2)c(C#N)c(CC)n1C. The second kappa shape index (κ2) is 7.92. The second-order valence-corrected chi connectivity index (χ2v) is 7.11. The number of rotatable bonds is 5. The van der Waals surface area contributed by atoms with Gasteiger partial charge in [0, 0.05) is 35.4 Å². The first-order valence-electron chi connectivity index (χ1n) is 10.1. The molecule has 150 valence electrons. The molecule has 1 N–H and O–H groups in total. The molecule has 0 bridgehead atoms. The number of aromatic nitrogens is 2. The van der Waals surface area contributed by atoms with Crippen LogP contribution in [-0.4, -0.2) is 22.1 Å². The van der Waals surface area contributed by atoms with Gasteiger partial charge in [-0.3, -0.25) is 0 Å². The zero-order chi connectivity index (χ0) is 21.3. The van der Waals surface area contributed by atoms with Crippen LogP contribution in [0, 0.1) is 11.3 Å². The third-order valence-electron chi connectivity index (χ3n) is 5.51. The van der Waals surface area contributed by atoms with Crippen molar-refractivity contribution in [3.8, 4) is 28.3 Å². The number of carbonyl (C=O) groups excluding carboxylic acids is 1. The third kappa shape index (κ3) is 3.07. The predicted octanol–water partition coefficient (Wildman–Crippen LogP) is 5.45. The Labute approximate surface area is 175 Å². The van der Waals surface area contributed by atoms with Crippen LogP contribution in [-0.2, 0) is 18.2 Å². The lowest BCUT2D eigenvalue weighted by Gasteiger charge is -2.09. The van der Waals surface area contributed by atoms with Crippen molar-refractivity contribution in [2.45, 2.75) is 20.3 Å². The van der Waals surface area contributed by atoms with Crippen molar-refractivity contribution in [2.24, 2.45) is 7.05 Å². The molecule has 0 saturated heterocycles. The molecule has 0 aliphatic rings. The summed E-state index contributed by atoms with van der Waals surface area (Å²) in [6.45, 7) is 4.05. The first-order chi connectivity index (χ1) is 14.6. The summed E-state index contributed by atoms with van der Waals surface area (Å²) in [6.07, 6.45) is 2.59. The molecule has 5 nitrogen and oxygen atoms in total. The van der Waals surface area contributed by atoms with Crippen molar-refractivity contribution in [3.05, 3.63) is 71.7 Å². The molecule has 2 heterocycles. The van der Waals surface area contributed by atoms with E-state index in [9.17, 15) is 10.1 Å². The first kappa shape index (κ1) is 19.5. The highest BCUT2D eigenvalue weighted by molar-refractivity contribution is 5.99. The Morgan fingerprint density at radius 2 is 1.83 bits per heavy atom. The monoisotopic (exact) mass is 397 g/mol. The molecule has 0 radical (unpaired) electrons. The fourth-order valence-electron chi connectivity index (χ4n) is 4.14. The Morgan fingerprint density at radius 3 is 2.50 bits per heavy atom. The molecule has 5 heteroatoms. The van der Waals surface area contributed by atoms with Crippen LogP contribution < -0.4 is 0 Å². The van der Waals surface area contributed by atoms with Crippen molar-refractivity contribution in [1.29, 1.82) is 5.26 Å². The number of nitrogens with one attached hydrogen (secondary N) is 1. The Bertz CT molecular complexity index is 1270. The molecule has 4 aromatic rings. The molecule has 2 aromatic heterocycles. The lowest BCUT2D eigenvalue weighted by atomic mass is 9.96. The van der Waals surface area contributed by atoms with Gasteiger partial charge in [0.25, 0.3) is 0 Å². The molecule has 0 atom stereocenters. The molecule has 0 amide bonds. The van der Waals surface area contributed by atoms with Crippen molar-refractivity contribution in [1.82, 2.24) is 9.55 Å².